The second-order valence-corrected chi connectivity index (χ2v) is 3.65. The van der Waals surface area contributed by atoms with Crippen LogP contribution in [0.1, 0.15) is 19.5 Å². The lowest BCUT2D eigenvalue weighted by atomic mass is 10.3. The van der Waals surface area contributed by atoms with Crippen molar-refractivity contribution in [2.24, 2.45) is 0 Å². The predicted octanol–water partition coefficient (Wildman–Crippen LogP) is 3.71. The summed E-state index contributed by atoms with van der Waals surface area (Å²) < 4.78 is 0.726. The van der Waals surface area contributed by atoms with E-state index in [1.807, 2.05) is 26.8 Å². The minimum atomic E-state index is 0.420. The topological polar surface area (TPSA) is 41.6 Å². The standard InChI is InChI=1S/C7H5BrClN3.C2H6/c1-3-4-2-5(8)10-7(9)6(4)12-11-3;1-2/h2H,1H3,(H,11,12);1-2H3. The van der Waals surface area contributed by atoms with Gasteiger partial charge in [-0.15, -0.1) is 0 Å². The smallest absolute Gasteiger partial charge is 0.158 e. The molecule has 0 atom stereocenters. The lowest BCUT2D eigenvalue weighted by molar-refractivity contribution is 1.07. The highest BCUT2D eigenvalue weighted by atomic mass is 79.9. The van der Waals surface area contributed by atoms with Crippen molar-refractivity contribution in [2.45, 2.75) is 20.8 Å². The Labute approximate surface area is 96.0 Å². The van der Waals surface area contributed by atoms with Gasteiger partial charge in [0.1, 0.15) is 10.1 Å². The molecular formula is C9H11BrClN3. The molecule has 0 aliphatic carbocycles. The predicted molar refractivity (Wildman–Crippen MR) is 62.7 cm³/mol. The van der Waals surface area contributed by atoms with Crippen LogP contribution in [0.5, 0.6) is 0 Å². The van der Waals surface area contributed by atoms with Crippen molar-refractivity contribution < 1.29 is 0 Å². The molecule has 0 aliphatic heterocycles. The van der Waals surface area contributed by atoms with Crippen molar-refractivity contribution in [2.75, 3.05) is 0 Å². The molecule has 0 saturated carbocycles. The summed E-state index contributed by atoms with van der Waals surface area (Å²) in [6, 6.07) is 1.89. The first-order valence-electron chi connectivity index (χ1n) is 4.35. The van der Waals surface area contributed by atoms with Gasteiger partial charge in [-0.05, 0) is 28.9 Å². The summed E-state index contributed by atoms with van der Waals surface area (Å²) >= 11 is 9.12. The van der Waals surface area contributed by atoms with Gasteiger partial charge in [-0.25, -0.2) is 4.98 Å². The molecule has 2 aromatic heterocycles. The first kappa shape index (κ1) is 11.5. The van der Waals surface area contributed by atoms with Crippen molar-refractivity contribution >= 4 is 38.4 Å². The molecule has 76 valence electrons. The Morgan fingerprint density at radius 2 is 2.07 bits per heavy atom. The van der Waals surface area contributed by atoms with Crippen molar-refractivity contribution in [3.63, 3.8) is 0 Å². The Hall–Kier alpha value is -0.610. The first-order valence-corrected chi connectivity index (χ1v) is 5.52. The normalized spacial score (nSPS) is 9.79. The number of aromatic nitrogens is 3. The number of H-pyrrole nitrogens is 1. The third kappa shape index (κ3) is 2.07. The number of aryl methyl sites for hydroxylation is 1. The van der Waals surface area contributed by atoms with Gasteiger partial charge in [0.15, 0.2) is 5.15 Å². The van der Waals surface area contributed by atoms with Crippen LogP contribution in [0, 0.1) is 6.92 Å². The van der Waals surface area contributed by atoms with Crippen molar-refractivity contribution in [1.82, 2.24) is 15.2 Å². The summed E-state index contributed by atoms with van der Waals surface area (Å²) in [5.74, 6) is 0. The summed E-state index contributed by atoms with van der Waals surface area (Å²) in [7, 11) is 0. The summed E-state index contributed by atoms with van der Waals surface area (Å²) in [5.41, 5.74) is 1.72. The summed E-state index contributed by atoms with van der Waals surface area (Å²) in [5, 5.41) is 8.29. The van der Waals surface area contributed by atoms with Gasteiger partial charge >= 0.3 is 0 Å². The van der Waals surface area contributed by atoms with E-state index in [2.05, 4.69) is 31.1 Å². The molecule has 2 rings (SSSR count). The number of nitrogens with one attached hydrogen (secondary N) is 1. The van der Waals surface area contributed by atoms with E-state index in [0.717, 1.165) is 21.2 Å². The van der Waals surface area contributed by atoms with E-state index >= 15 is 0 Å². The third-order valence-electron chi connectivity index (χ3n) is 1.66. The fourth-order valence-corrected chi connectivity index (χ4v) is 1.81. The van der Waals surface area contributed by atoms with Crippen LogP contribution in [-0.2, 0) is 0 Å². The van der Waals surface area contributed by atoms with Crippen LogP contribution in [-0.4, -0.2) is 15.2 Å². The van der Waals surface area contributed by atoms with E-state index in [0.29, 0.717) is 5.15 Å². The summed E-state index contributed by atoms with van der Waals surface area (Å²) in [6.45, 7) is 5.94. The van der Waals surface area contributed by atoms with E-state index in [9.17, 15) is 0 Å². The van der Waals surface area contributed by atoms with Crippen LogP contribution in [0.15, 0.2) is 10.7 Å². The average molecular weight is 277 g/mol. The van der Waals surface area contributed by atoms with Gasteiger partial charge in [-0.3, -0.25) is 5.10 Å². The molecule has 0 aromatic carbocycles. The molecule has 1 N–H and O–H groups in total. The van der Waals surface area contributed by atoms with Crippen molar-refractivity contribution in [3.05, 3.63) is 21.5 Å². The highest BCUT2D eigenvalue weighted by Crippen LogP contribution is 2.24. The second kappa shape index (κ2) is 4.75. The molecule has 0 fully saturated rings. The van der Waals surface area contributed by atoms with E-state index < -0.39 is 0 Å². The van der Waals surface area contributed by atoms with Gasteiger partial charge in [0.2, 0.25) is 0 Å². The van der Waals surface area contributed by atoms with Crippen LogP contribution < -0.4 is 0 Å². The lowest BCUT2D eigenvalue weighted by Crippen LogP contribution is -1.79. The fraction of sp³-hybridized carbons (Fsp3) is 0.333. The number of halogens is 2. The van der Waals surface area contributed by atoms with E-state index in [-0.39, 0.29) is 0 Å². The maximum atomic E-state index is 5.85. The van der Waals surface area contributed by atoms with Crippen LogP contribution in [0.25, 0.3) is 10.9 Å². The number of fused-ring (bicyclic) bond motifs is 1. The highest BCUT2D eigenvalue weighted by molar-refractivity contribution is 9.10. The van der Waals surface area contributed by atoms with Crippen LogP contribution in [0.2, 0.25) is 5.15 Å². The van der Waals surface area contributed by atoms with Crippen LogP contribution in [0.4, 0.5) is 0 Å². The molecule has 5 heteroatoms. The Balaban J connectivity index is 0.000000461. The second-order valence-electron chi connectivity index (χ2n) is 2.48. The molecule has 0 bridgehead atoms. The zero-order valence-corrected chi connectivity index (χ0v) is 10.6. The molecule has 0 spiro atoms. The maximum Gasteiger partial charge on any atom is 0.158 e. The van der Waals surface area contributed by atoms with Gasteiger partial charge in [0.05, 0.1) is 0 Å². The Morgan fingerprint density at radius 3 is 2.71 bits per heavy atom. The third-order valence-corrected chi connectivity index (χ3v) is 2.33. The molecule has 0 saturated heterocycles. The van der Waals surface area contributed by atoms with Gasteiger partial charge in [0.25, 0.3) is 0 Å². The van der Waals surface area contributed by atoms with Crippen LogP contribution in [0.3, 0.4) is 0 Å². The van der Waals surface area contributed by atoms with Crippen LogP contribution >= 0.6 is 27.5 Å². The number of rotatable bonds is 0. The monoisotopic (exact) mass is 275 g/mol. The lowest BCUT2D eigenvalue weighted by Gasteiger charge is -1.93. The molecule has 2 aromatic rings. The van der Waals surface area contributed by atoms with Crippen molar-refractivity contribution in [1.29, 1.82) is 0 Å². The molecular weight excluding hydrogens is 265 g/mol. The van der Waals surface area contributed by atoms with Gasteiger partial charge in [0, 0.05) is 11.1 Å². The van der Waals surface area contributed by atoms with Gasteiger partial charge in [-0.1, -0.05) is 25.4 Å². The van der Waals surface area contributed by atoms with Gasteiger partial charge in [-0.2, -0.15) is 5.10 Å². The largest absolute Gasteiger partial charge is 0.282 e. The molecule has 3 nitrogen and oxygen atoms in total. The molecule has 0 radical (unpaired) electrons. The van der Waals surface area contributed by atoms with E-state index in [4.69, 9.17) is 11.6 Å². The average Bonchev–Trinajstić information content (AvgIpc) is 2.52. The maximum absolute atomic E-state index is 5.85. The van der Waals surface area contributed by atoms with E-state index in [1.54, 1.807) is 0 Å². The molecule has 0 unspecified atom stereocenters. The summed E-state index contributed by atoms with van der Waals surface area (Å²) in [6.07, 6.45) is 0. The number of pyridine rings is 1. The van der Waals surface area contributed by atoms with E-state index in [1.165, 1.54) is 0 Å². The zero-order chi connectivity index (χ0) is 10.7. The molecule has 0 aliphatic rings. The highest BCUT2D eigenvalue weighted by Gasteiger charge is 2.07. The molecule has 2 heterocycles. The number of nitrogens with zero attached hydrogens (tertiary/aromatic N) is 2. The minimum absolute atomic E-state index is 0.420. The Morgan fingerprint density at radius 1 is 1.43 bits per heavy atom. The fourth-order valence-electron chi connectivity index (χ4n) is 1.07. The number of hydrogen-bond donors (Lipinski definition) is 1. The SMILES string of the molecule is CC.Cc1[nH]nc2c(Cl)nc(Br)cc12. The summed E-state index contributed by atoms with van der Waals surface area (Å²) in [4.78, 5) is 4.01. The van der Waals surface area contributed by atoms with Crippen molar-refractivity contribution in [3.8, 4) is 0 Å². The number of aromatic amines is 1. The molecule has 14 heavy (non-hydrogen) atoms. The van der Waals surface area contributed by atoms with Gasteiger partial charge < -0.3 is 0 Å². The Kier molecular flexibility index (Phi) is 3.89. The Bertz CT molecular complexity index is 439. The quantitative estimate of drug-likeness (QED) is 0.745. The zero-order valence-electron chi connectivity index (χ0n) is 8.23. The minimum Gasteiger partial charge on any atom is -0.282 e. The molecule has 0 amide bonds. The number of hydrogen-bond acceptors (Lipinski definition) is 2. The first-order chi connectivity index (χ1) is 6.68.